The summed E-state index contributed by atoms with van der Waals surface area (Å²) in [5, 5.41) is 2.04. The van der Waals surface area contributed by atoms with E-state index in [-0.39, 0.29) is 15.4 Å². The SMILES string of the molecule is Cn1c(=S)n(C)c(=O)n(-c2cc(C(=O)NCC(=O)OC(C)(C)C)c(Cl)cc2F)c1=O. The summed E-state index contributed by atoms with van der Waals surface area (Å²) in [6.07, 6.45) is 0. The van der Waals surface area contributed by atoms with Crippen molar-refractivity contribution in [2.75, 3.05) is 6.54 Å². The molecule has 1 amide bonds. The summed E-state index contributed by atoms with van der Waals surface area (Å²) in [4.78, 5) is 49.3. The Balaban J connectivity index is 2.49. The number of benzene rings is 1. The van der Waals surface area contributed by atoms with Gasteiger partial charge in [0.25, 0.3) is 5.91 Å². The first-order chi connectivity index (χ1) is 13.7. The predicted molar refractivity (Wildman–Crippen MR) is 110 cm³/mol. The standard InChI is InChI=1S/C18H20ClFN4O5S/c1-18(2,3)29-13(25)8-21-14(26)9-6-12(11(20)7-10(9)19)24-15(27)22(4)17(30)23(5)16(24)28/h6-7H,8H2,1-5H3,(H,21,26). The number of amides is 1. The minimum Gasteiger partial charge on any atom is -0.459 e. The maximum atomic E-state index is 14.6. The van der Waals surface area contributed by atoms with E-state index in [1.165, 1.54) is 14.1 Å². The van der Waals surface area contributed by atoms with Gasteiger partial charge in [-0.1, -0.05) is 11.6 Å². The van der Waals surface area contributed by atoms with Gasteiger partial charge < -0.3 is 10.1 Å². The van der Waals surface area contributed by atoms with Gasteiger partial charge in [0.05, 0.1) is 16.3 Å². The number of halogens is 2. The second-order valence-electron chi connectivity index (χ2n) is 7.35. The Morgan fingerprint density at radius 2 is 1.70 bits per heavy atom. The molecule has 162 valence electrons. The third kappa shape index (κ3) is 4.85. The molecule has 1 N–H and O–H groups in total. The number of aromatic nitrogens is 3. The maximum Gasteiger partial charge on any atom is 0.338 e. The van der Waals surface area contributed by atoms with Gasteiger partial charge in [0, 0.05) is 14.1 Å². The molecule has 12 heteroatoms. The number of carbonyl (C=O) groups excluding carboxylic acids is 2. The fourth-order valence-corrected chi connectivity index (χ4v) is 2.88. The first-order valence-corrected chi connectivity index (χ1v) is 9.41. The van der Waals surface area contributed by atoms with E-state index in [1.54, 1.807) is 20.8 Å². The second kappa shape index (κ2) is 8.52. The smallest absolute Gasteiger partial charge is 0.338 e. The minimum absolute atomic E-state index is 0.0639. The molecule has 1 aromatic heterocycles. The molecule has 1 aromatic carbocycles. The number of hydrogen-bond donors (Lipinski definition) is 1. The van der Waals surface area contributed by atoms with E-state index in [9.17, 15) is 23.6 Å². The quantitative estimate of drug-likeness (QED) is 0.549. The van der Waals surface area contributed by atoms with Crippen molar-refractivity contribution in [3.05, 3.63) is 54.3 Å². The molecule has 0 aliphatic carbocycles. The molecule has 0 saturated carbocycles. The van der Waals surface area contributed by atoms with Gasteiger partial charge in [0.1, 0.15) is 18.0 Å². The average Bonchev–Trinajstić information content (AvgIpc) is 2.63. The van der Waals surface area contributed by atoms with Crippen LogP contribution in [0, 0.1) is 10.6 Å². The van der Waals surface area contributed by atoms with Crippen molar-refractivity contribution in [1.29, 1.82) is 0 Å². The fourth-order valence-electron chi connectivity index (χ4n) is 2.48. The molecule has 0 spiro atoms. The van der Waals surface area contributed by atoms with Gasteiger partial charge in [-0.25, -0.2) is 18.5 Å². The second-order valence-corrected chi connectivity index (χ2v) is 8.13. The van der Waals surface area contributed by atoms with Crippen LogP contribution in [-0.2, 0) is 23.6 Å². The van der Waals surface area contributed by atoms with Crippen LogP contribution in [0.3, 0.4) is 0 Å². The van der Waals surface area contributed by atoms with E-state index in [0.29, 0.717) is 4.57 Å². The number of esters is 1. The summed E-state index contributed by atoms with van der Waals surface area (Å²) < 4.78 is 22.1. The van der Waals surface area contributed by atoms with Gasteiger partial charge in [0.2, 0.25) is 0 Å². The highest BCUT2D eigenvalue weighted by atomic mass is 35.5. The molecule has 9 nitrogen and oxygen atoms in total. The first-order valence-electron chi connectivity index (χ1n) is 8.63. The molecule has 0 aliphatic heterocycles. The third-order valence-corrected chi connectivity index (χ3v) is 4.73. The lowest BCUT2D eigenvalue weighted by atomic mass is 10.1. The van der Waals surface area contributed by atoms with Crippen molar-refractivity contribution in [1.82, 2.24) is 19.0 Å². The van der Waals surface area contributed by atoms with Crippen LogP contribution in [-0.4, -0.2) is 37.7 Å². The molecule has 2 rings (SSSR count). The zero-order valence-corrected chi connectivity index (χ0v) is 18.5. The van der Waals surface area contributed by atoms with E-state index in [1.807, 2.05) is 0 Å². The molecule has 0 atom stereocenters. The topological polar surface area (TPSA) is 104 Å². The molecule has 0 saturated heterocycles. The van der Waals surface area contributed by atoms with Crippen LogP contribution in [0.2, 0.25) is 5.02 Å². The summed E-state index contributed by atoms with van der Waals surface area (Å²) in [6.45, 7) is 4.55. The molecule has 0 bridgehead atoms. The average molecular weight is 459 g/mol. The summed E-state index contributed by atoms with van der Waals surface area (Å²) in [5.74, 6) is -2.51. The monoisotopic (exact) mass is 458 g/mol. The fraction of sp³-hybridized carbons (Fsp3) is 0.389. The van der Waals surface area contributed by atoms with Crippen molar-refractivity contribution in [2.24, 2.45) is 14.1 Å². The van der Waals surface area contributed by atoms with Crippen molar-refractivity contribution in [3.8, 4) is 5.69 Å². The van der Waals surface area contributed by atoms with E-state index >= 15 is 0 Å². The molecule has 0 unspecified atom stereocenters. The number of carbonyl (C=O) groups is 2. The first kappa shape index (κ1) is 23.5. The molecule has 0 radical (unpaired) electrons. The van der Waals surface area contributed by atoms with Crippen LogP contribution in [0.15, 0.2) is 21.7 Å². The molecule has 0 fully saturated rings. The summed E-state index contributed by atoms with van der Waals surface area (Å²) in [7, 11) is 2.64. The highest BCUT2D eigenvalue weighted by molar-refractivity contribution is 7.71. The lowest BCUT2D eigenvalue weighted by Gasteiger charge is -2.19. The lowest BCUT2D eigenvalue weighted by Crippen LogP contribution is -2.44. The highest BCUT2D eigenvalue weighted by Crippen LogP contribution is 2.22. The number of rotatable bonds is 4. The van der Waals surface area contributed by atoms with Gasteiger partial charge in [-0.05, 0) is 45.1 Å². The van der Waals surface area contributed by atoms with Gasteiger partial charge in [0.15, 0.2) is 4.77 Å². The van der Waals surface area contributed by atoms with E-state index < -0.39 is 46.9 Å². The molecular formula is C18H20ClFN4O5S. The van der Waals surface area contributed by atoms with Crippen LogP contribution in [0.25, 0.3) is 5.69 Å². The minimum atomic E-state index is -1.000. The number of nitrogens with one attached hydrogen (secondary N) is 1. The van der Waals surface area contributed by atoms with Gasteiger partial charge in [-0.15, -0.1) is 0 Å². The molecule has 1 heterocycles. The van der Waals surface area contributed by atoms with Crippen molar-refractivity contribution in [2.45, 2.75) is 26.4 Å². The van der Waals surface area contributed by atoms with E-state index in [4.69, 9.17) is 28.6 Å². The van der Waals surface area contributed by atoms with Crippen LogP contribution < -0.4 is 16.7 Å². The van der Waals surface area contributed by atoms with Crippen molar-refractivity contribution in [3.63, 3.8) is 0 Å². The van der Waals surface area contributed by atoms with Crippen LogP contribution in [0.1, 0.15) is 31.1 Å². The van der Waals surface area contributed by atoms with Gasteiger partial charge in [-0.3, -0.25) is 18.7 Å². The summed E-state index contributed by atoms with van der Waals surface area (Å²) in [5.41, 5.74) is -3.27. The normalized spacial score (nSPS) is 11.3. The number of nitrogens with zero attached hydrogens (tertiary/aromatic N) is 3. The van der Waals surface area contributed by atoms with Crippen LogP contribution >= 0.6 is 23.8 Å². The highest BCUT2D eigenvalue weighted by Gasteiger charge is 2.21. The Morgan fingerprint density at radius 3 is 2.20 bits per heavy atom. The van der Waals surface area contributed by atoms with Gasteiger partial charge in [-0.2, -0.15) is 0 Å². The maximum absolute atomic E-state index is 14.6. The lowest BCUT2D eigenvalue weighted by molar-refractivity contribution is -0.153. The Morgan fingerprint density at radius 1 is 1.17 bits per heavy atom. The predicted octanol–water partition coefficient (Wildman–Crippen LogP) is 1.47. The van der Waals surface area contributed by atoms with Crippen molar-refractivity contribution < 1.29 is 18.7 Å². The van der Waals surface area contributed by atoms with Crippen LogP contribution in [0.4, 0.5) is 4.39 Å². The zero-order chi connectivity index (χ0) is 23.0. The number of ether oxygens (including phenoxy) is 1. The molecule has 2 aromatic rings. The summed E-state index contributed by atoms with van der Waals surface area (Å²) >= 11 is 10.9. The zero-order valence-electron chi connectivity index (χ0n) is 16.9. The Labute approximate surface area is 180 Å². The molecule has 30 heavy (non-hydrogen) atoms. The largest absolute Gasteiger partial charge is 0.459 e. The van der Waals surface area contributed by atoms with E-state index in [0.717, 1.165) is 21.3 Å². The van der Waals surface area contributed by atoms with Crippen LogP contribution in [0.5, 0.6) is 0 Å². The Kier molecular flexibility index (Phi) is 6.67. The van der Waals surface area contributed by atoms with E-state index in [2.05, 4.69) is 5.32 Å². The molecule has 0 aliphatic rings. The Hall–Kier alpha value is -2.79. The Bertz CT molecular complexity index is 1170. The van der Waals surface area contributed by atoms with Crippen molar-refractivity contribution >= 4 is 35.7 Å². The van der Waals surface area contributed by atoms with Gasteiger partial charge >= 0.3 is 17.3 Å². The summed E-state index contributed by atoms with van der Waals surface area (Å²) in [6, 6.07) is 1.75. The molecular weight excluding hydrogens is 439 g/mol. The third-order valence-electron chi connectivity index (χ3n) is 3.87. The number of hydrogen-bond acceptors (Lipinski definition) is 6.